The van der Waals surface area contributed by atoms with E-state index in [0.29, 0.717) is 21.6 Å². The summed E-state index contributed by atoms with van der Waals surface area (Å²) in [5.74, 6) is 0.415. The van der Waals surface area contributed by atoms with Crippen molar-refractivity contribution in [2.45, 2.75) is 6.92 Å². The minimum absolute atomic E-state index is 0.146. The molecule has 1 heterocycles. The largest absolute Gasteiger partial charge is 0.309 e. The smallest absolute Gasteiger partial charge is 0.239 e. The number of aromatic nitrogens is 2. The van der Waals surface area contributed by atoms with Gasteiger partial charge in [-0.1, -0.05) is 60.5 Å². The lowest BCUT2D eigenvalue weighted by Crippen LogP contribution is -2.28. The predicted molar refractivity (Wildman–Crippen MR) is 106 cm³/mol. The Morgan fingerprint density at radius 1 is 1.08 bits per heavy atom. The Morgan fingerprint density at radius 3 is 2.54 bits per heavy atom. The van der Waals surface area contributed by atoms with E-state index in [0.717, 1.165) is 17.8 Å². The highest BCUT2D eigenvalue weighted by Crippen LogP contribution is 2.28. The average Bonchev–Trinajstić information content (AvgIpc) is 3.06. The molecule has 0 fully saturated rings. The second-order valence-corrected chi connectivity index (χ2v) is 6.43. The summed E-state index contributed by atoms with van der Waals surface area (Å²) < 4.78 is 1.65. The SMILES string of the molecule is CCNCC(=O)Nc1cc(-c2ccccc2)nn1-c1ccc(Cl)c(Cl)c1. The molecule has 2 aromatic carbocycles. The summed E-state index contributed by atoms with van der Waals surface area (Å²) in [4.78, 5) is 12.2. The molecule has 0 aliphatic carbocycles. The number of benzene rings is 2. The Morgan fingerprint density at radius 2 is 1.85 bits per heavy atom. The van der Waals surface area contributed by atoms with Gasteiger partial charge in [-0.3, -0.25) is 4.79 Å². The molecule has 0 spiro atoms. The van der Waals surface area contributed by atoms with Gasteiger partial charge in [-0.25, -0.2) is 4.68 Å². The first-order valence-corrected chi connectivity index (χ1v) is 8.95. The maximum atomic E-state index is 12.2. The number of rotatable bonds is 6. The molecule has 5 nitrogen and oxygen atoms in total. The number of anilines is 1. The monoisotopic (exact) mass is 388 g/mol. The summed E-state index contributed by atoms with van der Waals surface area (Å²) >= 11 is 12.2. The standard InChI is InChI=1S/C19H18Cl2N4O/c1-2-22-12-19(26)23-18-11-17(13-6-4-3-5-7-13)24-25(18)14-8-9-15(20)16(21)10-14/h3-11,22H,2,12H2,1H3,(H,23,26). The summed E-state index contributed by atoms with van der Waals surface area (Å²) in [6.45, 7) is 2.89. The minimum atomic E-state index is -0.146. The Kier molecular flexibility index (Phi) is 5.93. The molecule has 3 rings (SSSR count). The van der Waals surface area contributed by atoms with Crippen LogP contribution in [0.15, 0.2) is 54.6 Å². The van der Waals surface area contributed by atoms with E-state index in [4.69, 9.17) is 23.2 Å². The predicted octanol–water partition coefficient (Wildman–Crippen LogP) is 4.39. The van der Waals surface area contributed by atoms with Crippen LogP contribution < -0.4 is 10.6 Å². The number of hydrogen-bond acceptors (Lipinski definition) is 3. The molecule has 0 radical (unpaired) electrons. The molecule has 1 amide bonds. The molecule has 7 heteroatoms. The van der Waals surface area contributed by atoms with Crippen LogP contribution in [-0.4, -0.2) is 28.8 Å². The van der Waals surface area contributed by atoms with Gasteiger partial charge in [0, 0.05) is 11.6 Å². The van der Waals surface area contributed by atoms with E-state index in [9.17, 15) is 4.79 Å². The highest BCUT2D eigenvalue weighted by Gasteiger charge is 2.14. The van der Waals surface area contributed by atoms with Crippen LogP contribution in [0.3, 0.4) is 0 Å². The third kappa shape index (κ3) is 4.25. The average molecular weight is 389 g/mol. The van der Waals surface area contributed by atoms with E-state index in [-0.39, 0.29) is 12.5 Å². The number of halogens is 2. The van der Waals surface area contributed by atoms with E-state index in [1.807, 2.05) is 43.3 Å². The van der Waals surface area contributed by atoms with Gasteiger partial charge >= 0.3 is 0 Å². The third-order valence-corrected chi connectivity index (χ3v) is 4.47. The highest BCUT2D eigenvalue weighted by molar-refractivity contribution is 6.42. The van der Waals surface area contributed by atoms with Crippen LogP contribution in [0.25, 0.3) is 16.9 Å². The maximum Gasteiger partial charge on any atom is 0.239 e. The van der Waals surface area contributed by atoms with Crippen molar-refractivity contribution < 1.29 is 4.79 Å². The molecule has 3 aromatic rings. The van der Waals surface area contributed by atoms with Crippen molar-refractivity contribution in [1.82, 2.24) is 15.1 Å². The Bertz CT molecular complexity index is 909. The first-order chi connectivity index (χ1) is 12.6. The Labute approximate surface area is 161 Å². The van der Waals surface area contributed by atoms with Crippen LogP contribution in [0.2, 0.25) is 10.0 Å². The molecular formula is C19H18Cl2N4O. The number of carbonyl (C=O) groups excluding carboxylic acids is 1. The highest BCUT2D eigenvalue weighted by atomic mass is 35.5. The van der Waals surface area contributed by atoms with Crippen molar-refractivity contribution in [3.05, 3.63) is 64.6 Å². The van der Waals surface area contributed by atoms with Crippen LogP contribution >= 0.6 is 23.2 Å². The van der Waals surface area contributed by atoms with Gasteiger partial charge in [-0.05, 0) is 24.7 Å². The maximum absolute atomic E-state index is 12.2. The zero-order valence-electron chi connectivity index (χ0n) is 14.2. The third-order valence-electron chi connectivity index (χ3n) is 3.73. The lowest BCUT2D eigenvalue weighted by molar-refractivity contribution is -0.115. The van der Waals surface area contributed by atoms with Crippen molar-refractivity contribution in [1.29, 1.82) is 0 Å². The lowest BCUT2D eigenvalue weighted by atomic mass is 10.2. The fourth-order valence-electron chi connectivity index (χ4n) is 2.46. The first kappa shape index (κ1) is 18.5. The zero-order chi connectivity index (χ0) is 18.5. The van der Waals surface area contributed by atoms with Crippen LogP contribution in [0.4, 0.5) is 5.82 Å². The van der Waals surface area contributed by atoms with Crippen LogP contribution in [-0.2, 0) is 4.79 Å². The second-order valence-electron chi connectivity index (χ2n) is 5.62. The normalized spacial score (nSPS) is 10.7. The summed E-state index contributed by atoms with van der Waals surface area (Å²) in [6.07, 6.45) is 0. The van der Waals surface area contributed by atoms with E-state index < -0.39 is 0 Å². The first-order valence-electron chi connectivity index (χ1n) is 8.20. The van der Waals surface area contributed by atoms with Gasteiger partial charge in [0.25, 0.3) is 0 Å². The number of carbonyl (C=O) groups is 1. The van der Waals surface area contributed by atoms with Crippen molar-refractivity contribution in [3.8, 4) is 16.9 Å². The molecule has 134 valence electrons. The van der Waals surface area contributed by atoms with Crippen LogP contribution in [0.5, 0.6) is 0 Å². The van der Waals surface area contributed by atoms with Gasteiger partial charge in [-0.2, -0.15) is 5.10 Å². The second kappa shape index (κ2) is 8.36. The Balaban J connectivity index is 2.01. The summed E-state index contributed by atoms with van der Waals surface area (Å²) in [6, 6.07) is 16.8. The molecule has 0 unspecified atom stereocenters. The van der Waals surface area contributed by atoms with E-state index in [2.05, 4.69) is 15.7 Å². The summed E-state index contributed by atoms with van der Waals surface area (Å²) in [5, 5.41) is 11.4. The molecule has 0 saturated carbocycles. The van der Waals surface area contributed by atoms with Crippen molar-refractivity contribution >= 4 is 34.9 Å². The number of likely N-dealkylation sites (N-methyl/N-ethyl adjacent to an activating group) is 1. The van der Waals surface area contributed by atoms with Crippen molar-refractivity contribution in [3.63, 3.8) is 0 Å². The fourth-order valence-corrected chi connectivity index (χ4v) is 2.75. The van der Waals surface area contributed by atoms with Gasteiger partial charge in [0.2, 0.25) is 5.91 Å². The van der Waals surface area contributed by atoms with Crippen molar-refractivity contribution in [2.24, 2.45) is 0 Å². The molecule has 0 saturated heterocycles. The molecule has 0 aliphatic rings. The van der Waals surface area contributed by atoms with E-state index in [1.165, 1.54) is 0 Å². The van der Waals surface area contributed by atoms with Crippen LogP contribution in [0, 0.1) is 0 Å². The fraction of sp³-hybridized carbons (Fsp3) is 0.158. The van der Waals surface area contributed by atoms with Gasteiger partial charge in [0.05, 0.1) is 28.0 Å². The van der Waals surface area contributed by atoms with E-state index >= 15 is 0 Å². The lowest BCUT2D eigenvalue weighted by Gasteiger charge is -2.10. The number of amides is 1. The zero-order valence-corrected chi connectivity index (χ0v) is 15.7. The van der Waals surface area contributed by atoms with E-state index in [1.54, 1.807) is 22.9 Å². The minimum Gasteiger partial charge on any atom is -0.309 e. The van der Waals surface area contributed by atoms with Crippen molar-refractivity contribution in [2.75, 3.05) is 18.4 Å². The molecule has 0 bridgehead atoms. The number of nitrogens with zero attached hydrogens (tertiary/aromatic N) is 2. The quantitative estimate of drug-likeness (QED) is 0.657. The molecular weight excluding hydrogens is 371 g/mol. The van der Waals surface area contributed by atoms with Crippen LogP contribution in [0.1, 0.15) is 6.92 Å². The summed E-state index contributed by atoms with van der Waals surface area (Å²) in [7, 11) is 0. The van der Waals surface area contributed by atoms with Gasteiger partial charge in [0.1, 0.15) is 5.82 Å². The van der Waals surface area contributed by atoms with Gasteiger partial charge in [-0.15, -0.1) is 0 Å². The topological polar surface area (TPSA) is 59.0 Å². The number of hydrogen-bond donors (Lipinski definition) is 2. The number of nitrogens with one attached hydrogen (secondary N) is 2. The molecule has 1 aromatic heterocycles. The molecule has 0 aliphatic heterocycles. The van der Waals surface area contributed by atoms with Gasteiger partial charge < -0.3 is 10.6 Å². The molecule has 2 N–H and O–H groups in total. The summed E-state index contributed by atoms with van der Waals surface area (Å²) in [5.41, 5.74) is 2.41. The Hall–Kier alpha value is -2.34. The van der Waals surface area contributed by atoms with Gasteiger partial charge in [0.15, 0.2) is 0 Å². The molecule has 26 heavy (non-hydrogen) atoms. The molecule has 0 atom stereocenters.